The molecule has 4 rings (SSSR count). The van der Waals surface area contributed by atoms with E-state index in [0.29, 0.717) is 17.0 Å². The summed E-state index contributed by atoms with van der Waals surface area (Å²) in [7, 11) is 0. The third-order valence-electron chi connectivity index (χ3n) is 4.24. The van der Waals surface area contributed by atoms with Crippen molar-refractivity contribution in [1.82, 2.24) is 0 Å². The van der Waals surface area contributed by atoms with Crippen LogP contribution in [0.3, 0.4) is 0 Å². The molecule has 2 heterocycles. The summed E-state index contributed by atoms with van der Waals surface area (Å²) >= 11 is 0. The molecule has 120 valence electrons. The van der Waals surface area contributed by atoms with Gasteiger partial charge in [0.15, 0.2) is 0 Å². The number of hydrogen-bond donors (Lipinski definition) is 0. The number of carbonyl (C=O) groups excluding carboxylic acids is 2. The van der Waals surface area contributed by atoms with E-state index < -0.39 is 17.9 Å². The van der Waals surface area contributed by atoms with Crippen LogP contribution >= 0.6 is 0 Å². The van der Waals surface area contributed by atoms with E-state index >= 15 is 0 Å². The van der Waals surface area contributed by atoms with Crippen molar-refractivity contribution in [3.05, 3.63) is 65.5 Å². The lowest BCUT2D eigenvalue weighted by molar-refractivity contribution is -0.126. The quantitative estimate of drug-likeness (QED) is 0.797. The zero-order chi connectivity index (χ0) is 16.8. The minimum atomic E-state index is -0.959. The molecule has 2 amide bonds. The fourth-order valence-corrected chi connectivity index (χ4v) is 2.98. The van der Waals surface area contributed by atoms with Crippen molar-refractivity contribution in [2.24, 2.45) is 11.1 Å². The van der Waals surface area contributed by atoms with E-state index in [2.05, 4.69) is 5.16 Å². The van der Waals surface area contributed by atoms with E-state index in [-0.39, 0.29) is 11.7 Å². The lowest BCUT2D eigenvalue weighted by Crippen LogP contribution is -2.33. The predicted molar refractivity (Wildman–Crippen MR) is 85.0 cm³/mol. The van der Waals surface area contributed by atoms with Crippen molar-refractivity contribution in [1.29, 1.82) is 0 Å². The van der Waals surface area contributed by atoms with Crippen molar-refractivity contribution >= 4 is 23.2 Å². The maximum absolute atomic E-state index is 13.1. The Labute approximate surface area is 137 Å². The second kappa shape index (κ2) is 5.26. The van der Waals surface area contributed by atoms with Crippen LogP contribution in [0.25, 0.3) is 0 Å². The van der Waals surface area contributed by atoms with Crippen LogP contribution in [0, 0.1) is 18.7 Å². The summed E-state index contributed by atoms with van der Waals surface area (Å²) in [6, 6.07) is 12.7. The molecular weight excluding hydrogens is 311 g/mol. The Hall–Kier alpha value is -3.02. The van der Waals surface area contributed by atoms with Crippen molar-refractivity contribution in [2.45, 2.75) is 13.0 Å². The Morgan fingerprint density at radius 1 is 1.00 bits per heavy atom. The van der Waals surface area contributed by atoms with Crippen molar-refractivity contribution in [2.75, 3.05) is 4.90 Å². The predicted octanol–water partition coefficient (Wildman–Crippen LogP) is 2.43. The van der Waals surface area contributed by atoms with Gasteiger partial charge in [0.1, 0.15) is 17.4 Å². The standard InChI is InChI=1S/C18H13FN2O3/c1-10-2-8-13(9-3-10)21-17(22)14-15(20-24-16(14)18(21)23)11-4-6-12(19)7-5-11/h2-9,14,16H,1H3/t14-,16-/m0/s1. The lowest BCUT2D eigenvalue weighted by Gasteiger charge is -2.15. The third kappa shape index (κ3) is 2.11. The first-order valence-electron chi connectivity index (χ1n) is 7.50. The number of rotatable bonds is 2. The molecular formula is C18H13FN2O3. The maximum Gasteiger partial charge on any atom is 0.278 e. The van der Waals surface area contributed by atoms with Crippen LogP contribution in [0.2, 0.25) is 0 Å². The monoisotopic (exact) mass is 324 g/mol. The van der Waals surface area contributed by atoms with Gasteiger partial charge >= 0.3 is 0 Å². The second-order valence-corrected chi connectivity index (χ2v) is 5.83. The van der Waals surface area contributed by atoms with Crippen LogP contribution in [0.15, 0.2) is 53.7 Å². The molecule has 2 aromatic rings. The minimum Gasteiger partial charge on any atom is -0.381 e. The topological polar surface area (TPSA) is 59.0 Å². The van der Waals surface area contributed by atoms with E-state index in [1.807, 2.05) is 19.1 Å². The molecule has 2 aliphatic heterocycles. The molecule has 0 spiro atoms. The van der Waals surface area contributed by atoms with Gasteiger partial charge in [0.05, 0.1) is 5.69 Å². The summed E-state index contributed by atoms with van der Waals surface area (Å²) in [5.74, 6) is -2.00. The zero-order valence-corrected chi connectivity index (χ0v) is 12.8. The first-order chi connectivity index (χ1) is 11.6. The van der Waals surface area contributed by atoms with Crippen molar-refractivity contribution in [3.8, 4) is 0 Å². The smallest absolute Gasteiger partial charge is 0.278 e. The van der Waals surface area contributed by atoms with Gasteiger partial charge in [-0.3, -0.25) is 9.59 Å². The summed E-state index contributed by atoms with van der Waals surface area (Å²) in [5.41, 5.74) is 2.46. The van der Waals surface area contributed by atoms with Gasteiger partial charge in [0.2, 0.25) is 12.0 Å². The molecule has 1 fully saturated rings. The molecule has 0 aromatic heterocycles. The third-order valence-corrected chi connectivity index (χ3v) is 4.24. The fraction of sp³-hybridized carbons (Fsp3) is 0.167. The minimum absolute atomic E-state index is 0.355. The SMILES string of the molecule is Cc1ccc(N2C(=O)[C@H]3C(c4ccc(F)cc4)=NO[C@@H]3C2=O)cc1. The van der Waals surface area contributed by atoms with Crippen LogP contribution in [0.1, 0.15) is 11.1 Å². The van der Waals surface area contributed by atoms with Crippen LogP contribution in [-0.2, 0) is 14.4 Å². The highest BCUT2D eigenvalue weighted by Crippen LogP contribution is 2.35. The Kier molecular flexibility index (Phi) is 3.19. The van der Waals surface area contributed by atoms with E-state index in [1.165, 1.54) is 24.3 Å². The molecule has 1 saturated heterocycles. The number of amides is 2. The van der Waals surface area contributed by atoms with Gasteiger partial charge in [-0.15, -0.1) is 0 Å². The fourth-order valence-electron chi connectivity index (χ4n) is 2.98. The Balaban J connectivity index is 1.69. The summed E-state index contributed by atoms with van der Waals surface area (Å²) in [5, 5.41) is 3.89. The second-order valence-electron chi connectivity index (χ2n) is 5.83. The van der Waals surface area contributed by atoms with Gasteiger partial charge < -0.3 is 4.84 Å². The van der Waals surface area contributed by atoms with Gasteiger partial charge in [-0.1, -0.05) is 35.0 Å². The summed E-state index contributed by atoms with van der Waals surface area (Å²) in [6.45, 7) is 1.93. The van der Waals surface area contributed by atoms with Gasteiger partial charge in [0, 0.05) is 5.56 Å². The highest BCUT2D eigenvalue weighted by Gasteiger charge is 2.56. The van der Waals surface area contributed by atoms with Gasteiger partial charge in [-0.2, -0.15) is 0 Å². The first kappa shape index (κ1) is 14.6. The number of nitrogens with zero attached hydrogens (tertiary/aromatic N) is 2. The number of halogens is 1. The number of fused-ring (bicyclic) bond motifs is 1. The summed E-state index contributed by atoms with van der Waals surface area (Å²) < 4.78 is 13.1. The lowest BCUT2D eigenvalue weighted by atomic mass is 9.94. The molecule has 0 radical (unpaired) electrons. The average molecular weight is 324 g/mol. The Bertz CT molecular complexity index is 859. The molecule has 0 bridgehead atoms. The molecule has 0 N–H and O–H groups in total. The summed E-state index contributed by atoms with van der Waals surface area (Å²) in [6.07, 6.45) is -0.959. The number of benzene rings is 2. The molecule has 2 atom stereocenters. The van der Waals surface area contributed by atoms with E-state index in [0.717, 1.165) is 10.5 Å². The molecule has 2 aliphatic rings. The maximum atomic E-state index is 13.1. The Morgan fingerprint density at radius 3 is 2.33 bits per heavy atom. The Morgan fingerprint density at radius 2 is 1.67 bits per heavy atom. The van der Waals surface area contributed by atoms with Crippen LogP contribution in [0.5, 0.6) is 0 Å². The largest absolute Gasteiger partial charge is 0.381 e. The van der Waals surface area contributed by atoms with Crippen molar-refractivity contribution < 1.29 is 18.8 Å². The van der Waals surface area contributed by atoms with Crippen LogP contribution in [-0.4, -0.2) is 23.6 Å². The number of hydrogen-bond acceptors (Lipinski definition) is 4. The molecule has 0 unspecified atom stereocenters. The summed E-state index contributed by atoms with van der Waals surface area (Å²) in [4.78, 5) is 31.7. The van der Waals surface area contributed by atoms with Crippen LogP contribution in [0.4, 0.5) is 10.1 Å². The highest BCUT2D eigenvalue weighted by atomic mass is 19.1. The van der Waals surface area contributed by atoms with Gasteiger partial charge in [-0.25, -0.2) is 9.29 Å². The molecule has 5 nitrogen and oxygen atoms in total. The van der Waals surface area contributed by atoms with Crippen molar-refractivity contribution in [3.63, 3.8) is 0 Å². The molecule has 0 aliphatic carbocycles. The highest BCUT2D eigenvalue weighted by molar-refractivity contribution is 6.32. The molecule has 0 saturated carbocycles. The van der Waals surface area contributed by atoms with E-state index in [4.69, 9.17) is 4.84 Å². The average Bonchev–Trinajstić information content (AvgIpc) is 3.11. The van der Waals surface area contributed by atoms with Gasteiger partial charge in [-0.05, 0) is 31.2 Å². The number of oxime groups is 1. The molecule has 6 heteroatoms. The van der Waals surface area contributed by atoms with E-state index in [9.17, 15) is 14.0 Å². The number of imide groups is 1. The van der Waals surface area contributed by atoms with Crippen LogP contribution < -0.4 is 4.90 Å². The first-order valence-corrected chi connectivity index (χ1v) is 7.50. The molecule has 2 aromatic carbocycles. The van der Waals surface area contributed by atoms with E-state index in [1.54, 1.807) is 12.1 Å². The zero-order valence-electron chi connectivity index (χ0n) is 12.8. The number of carbonyl (C=O) groups is 2. The molecule has 24 heavy (non-hydrogen) atoms. The number of aryl methyl sites for hydroxylation is 1. The number of anilines is 1. The van der Waals surface area contributed by atoms with Gasteiger partial charge in [0.25, 0.3) is 5.91 Å². The normalized spacial score (nSPS) is 22.4.